The van der Waals surface area contributed by atoms with Crippen molar-refractivity contribution in [2.75, 3.05) is 13.1 Å². The number of hydrogen-bond acceptors (Lipinski definition) is 6. The zero-order valence-corrected chi connectivity index (χ0v) is 19.6. The summed E-state index contributed by atoms with van der Waals surface area (Å²) < 4.78 is 5.13. The quantitative estimate of drug-likeness (QED) is 0.339. The molecule has 1 aromatic rings. The van der Waals surface area contributed by atoms with Gasteiger partial charge in [0.25, 0.3) is 0 Å². The van der Waals surface area contributed by atoms with Crippen molar-refractivity contribution in [1.82, 2.24) is 20.9 Å². The van der Waals surface area contributed by atoms with Crippen molar-refractivity contribution in [2.45, 2.75) is 58.2 Å². The summed E-state index contributed by atoms with van der Waals surface area (Å²) in [4.78, 5) is 62.4. The number of aliphatic carboxylic acids is 1. The number of hydrogen-bond donors (Lipinski definition) is 4. The first-order valence-corrected chi connectivity index (χ1v) is 11.2. The number of amides is 4. The summed E-state index contributed by atoms with van der Waals surface area (Å²) in [6.07, 6.45) is 5.58. The average molecular weight is 477 g/mol. The Morgan fingerprint density at radius 1 is 1.21 bits per heavy atom. The lowest BCUT2D eigenvalue weighted by Crippen LogP contribution is -2.53. The minimum Gasteiger partial charge on any atom is -0.480 e. The van der Waals surface area contributed by atoms with Gasteiger partial charge in [0.2, 0.25) is 23.6 Å². The van der Waals surface area contributed by atoms with Crippen molar-refractivity contribution in [3.05, 3.63) is 30.2 Å². The first kappa shape index (κ1) is 26.6. The molecule has 4 amide bonds. The van der Waals surface area contributed by atoms with Gasteiger partial charge in [0.15, 0.2) is 0 Å². The highest BCUT2D eigenvalue weighted by atomic mass is 16.4. The van der Waals surface area contributed by atoms with Gasteiger partial charge in [-0.05, 0) is 50.3 Å². The minimum absolute atomic E-state index is 0.101. The molecule has 1 aliphatic rings. The summed E-state index contributed by atoms with van der Waals surface area (Å²) in [5.74, 6) is -2.57. The molecule has 186 valence electrons. The van der Waals surface area contributed by atoms with Crippen LogP contribution in [0.15, 0.2) is 28.9 Å². The van der Waals surface area contributed by atoms with Gasteiger partial charge >= 0.3 is 5.97 Å². The monoisotopic (exact) mass is 476 g/mol. The molecular weight excluding hydrogens is 444 g/mol. The van der Waals surface area contributed by atoms with E-state index < -0.39 is 47.7 Å². The SMILES string of the molecule is CC(C)C[C@H](NC(=O)/C=C\c1ccco1)C(=O)NCC(=O)N1CCC[C@@H]1C(=O)N[C@@H](C)C(=O)O. The van der Waals surface area contributed by atoms with Crippen LogP contribution in [0, 0.1) is 5.92 Å². The molecule has 3 atom stereocenters. The Morgan fingerprint density at radius 2 is 1.94 bits per heavy atom. The van der Waals surface area contributed by atoms with Crippen molar-refractivity contribution < 1.29 is 33.5 Å². The maximum atomic E-state index is 12.7. The Balaban J connectivity index is 1.93. The molecule has 11 nitrogen and oxygen atoms in total. The zero-order chi connectivity index (χ0) is 25.3. The van der Waals surface area contributed by atoms with Gasteiger partial charge in [-0.15, -0.1) is 0 Å². The average Bonchev–Trinajstić information content (AvgIpc) is 3.47. The molecule has 0 aliphatic carbocycles. The van der Waals surface area contributed by atoms with Crippen molar-refractivity contribution >= 4 is 35.7 Å². The number of carboxylic acid groups (broad SMARTS) is 1. The molecule has 4 N–H and O–H groups in total. The normalized spacial score (nSPS) is 17.4. The lowest BCUT2D eigenvalue weighted by Gasteiger charge is -2.25. The molecular formula is C23H32N4O7. The fourth-order valence-corrected chi connectivity index (χ4v) is 3.56. The maximum absolute atomic E-state index is 12.7. The maximum Gasteiger partial charge on any atom is 0.325 e. The highest BCUT2D eigenvalue weighted by molar-refractivity contribution is 5.96. The van der Waals surface area contributed by atoms with Crippen LogP contribution in [0.1, 0.15) is 45.8 Å². The molecule has 1 aromatic heterocycles. The molecule has 0 radical (unpaired) electrons. The van der Waals surface area contributed by atoms with E-state index in [1.54, 1.807) is 12.1 Å². The number of furan rings is 1. The third kappa shape index (κ3) is 8.05. The molecule has 0 spiro atoms. The second-order valence-corrected chi connectivity index (χ2v) is 8.57. The number of carbonyl (C=O) groups excluding carboxylic acids is 4. The van der Waals surface area contributed by atoms with Crippen molar-refractivity contribution in [1.29, 1.82) is 0 Å². The summed E-state index contributed by atoms with van der Waals surface area (Å²) in [5.41, 5.74) is 0. The largest absolute Gasteiger partial charge is 0.480 e. The Morgan fingerprint density at radius 3 is 2.56 bits per heavy atom. The zero-order valence-electron chi connectivity index (χ0n) is 19.6. The Bertz CT molecular complexity index is 910. The minimum atomic E-state index is -1.17. The number of likely N-dealkylation sites (tertiary alicyclic amines) is 1. The van der Waals surface area contributed by atoms with E-state index in [-0.39, 0.29) is 12.5 Å². The van der Waals surface area contributed by atoms with E-state index in [0.717, 1.165) is 0 Å². The first-order valence-electron chi connectivity index (χ1n) is 11.2. The van der Waals surface area contributed by atoms with E-state index in [1.807, 2.05) is 13.8 Å². The molecule has 11 heteroatoms. The van der Waals surface area contributed by atoms with Gasteiger partial charge < -0.3 is 30.4 Å². The third-order valence-electron chi connectivity index (χ3n) is 5.30. The molecule has 0 saturated carbocycles. The van der Waals surface area contributed by atoms with E-state index in [4.69, 9.17) is 9.52 Å². The van der Waals surface area contributed by atoms with Gasteiger partial charge in [-0.2, -0.15) is 0 Å². The van der Waals surface area contributed by atoms with E-state index >= 15 is 0 Å². The van der Waals surface area contributed by atoms with Crippen LogP contribution in [0.5, 0.6) is 0 Å². The lowest BCUT2D eigenvalue weighted by atomic mass is 10.0. The summed E-state index contributed by atoms with van der Waals surface area (Å²) in [7, 11) is 0. The van der Waals surface area contributed by atoms with Crippen LogP contribution in [-0.4, -0.2) is 70.8 Å². The number of rotatable bonds is 11. The van der Waals surface area contributed by atoms with E-state index in [1.165, 1.54) is 30.2 Å². The summed E-state index contributed by atoms with van der Waals surface area (Å²) in [6, 6.07) is 0.652. The number of carboxylic acids is 1. The molecule has 1 saturated heterocycles. The molecule has 0 aromatic carbocycles. The van der Waals surface area contributed by atoms with Gasteiger partial charge in [0.05, 0.1) is 12.8 Å². The fourth-order valence-electron chi connectivity index (χ4n) is 3.56. The van der Waals surface area contributed by atoms with Crippen LogP contribution in [-0.2, 0) is 24.0 Å². The van der Waals surface area contributed by atoms with Gasteiger partial charge in [-0.3, -0.25) is 24.0 Å². The van der Waals surface area contributed by atoms with Crippen LogP contribution in [0.25, 0.3) is 6.08 Å². The molecule has 0 unspecified atom stereocenters. The second kappa shape index (κ2) is 12.6. The van der Waals surface area contributed by atoms with E-state index in [9.17, 15) is 24.0 Å². The molecule has 2 rings (SSSR count). The molecule has 1 aliphatic heterocycles. The standard InChI is InChI=1S/C23H32N4O7/c1-14(2)12-17(26-19(28)9-8-16-6-5-11-34-16)21(30)24-13-20(29)27-10-4-7-18(27)22(31)25-15(3)23(32)33/h5-6,8-9,11,14-15,17-18H,4,7,10,12-13H2,1-3H3,(H,24,30)(H,25,31)(H,26,28)(H,32,33)/b9-8-/t15-,17-,18+/m0/s1. The van der Waals surface area contributed by atoms with Gasteiger partial charge in [0, 0.05) is 12.6 Å². The van der Waals surface area contributed by atoms with Crippen LogP contribution in [0.3, 0.4) is 0 Å². The topological polar surface area (TPSA) is 158 Å². The number of carbonyl (C=O) groups is 5. The second-order valence-electron chi connectivity index (χ2n) is 8.57. The number of nitrogens with one attached hydrogen (secondary N) is 3. The summed E-state index contributed by atoms with van der Waals surface area (Å²) in [6.45, 7) is 5.14. The first-order chi connectivity index (χ1) is 16.1. The fraction of sp³-hybridized carbons (Fsp3) is 0.522. The lowest BCUT2D eigenvalue weighted by molar-refractivity contribution is -0.143. The Labute approximate surface area is 197 Å². The highest BCUT2D eigenvalue weighted by Gasteiger charge is 2.35. The molecule has 34 heavy (non-hydrogen) atoms. The smallest absolute Gasteiger partial charge is 0.325 e. The van der Waals surface area contributed by atoms with Gasteiger partial charge in [-0.25, -0.2) is 0 Å². The third-order valence-corrected chi connectivity index (χ3v) is 5.30. The van der Waals surface area contributed by atoms with Crippen LogP contribution in [0.4, 0.5) is 0 Å². The van der Waals surface area contributed by atoms with Crippen molar-refractivity contribution in [2.24, 2.45) is 5.92 Å². The van der Waals surface area contributed by atoms with E-state index in [0.29, 0.717) is 31.6 Å². The van der Waals surface area contributed by atoms with Crippen LogP contribution < -0.4 is 16.0 Å². The van der Waals surface area contributed by atoms with E-state index in [2.05, 4.69) is 16.0 Å². The summed E-state index contributed by atoms with van der Waals surface area (Å²) >= 11 is 0. The van der Waals surface area contributed by atoms with Crippen molar-refractivity contribution in [3.63, 3.8) is 0 Å². The van der Waals surface area contributed by atoms with Crippen LogP contribution in [0.2, 0.25) is 0 Å². The molecule has 2 heterocycles. The Kier molecular flexibility index (Phi) is 9.84. The van der Waals surface area contributed by atoms with Crippen molar-refractivity contribution in [3.8, 4) is 0 Å². The predicted molar refractivity (Wildman–Crippen MR) is 122 cm³/mol. The summed E-state index contributed by atoms with van der Waals surface area (Å²) in [5, 5.41) is 16.5. The van der Waals surface area contributed by atoms with Gasteiger partial charge in [-0.1, -0.05) is 13.8 Å². The van der Waals surface area contributed by atoms with Crippen LogP contribution >= 0.6 is 0 Å². The Hall–Kier alpha value is -3.63. The number of nitrogens with zero attached hydrogens (tertiary/aromatic N) is 1. The molecule has 0 bridgehead atoms. The molecule has 1 fully saturated rings. The van der Waals surface area contributed by atoms with Gasteiger partial charge in [0.1, 0.15) is 23.9 Å². The predicted octanol–water partition coefficient (Wildman–Crippen LogP) is 0.520. The highest BCUT2D eigenvalue weighted by Crippen LogP contribution is 2.17.